The van der Waals surface area contributed by atoms with E-state index >= 15 is 0 Å². The molecule has 31 heavy (non-hydrogen) atoms. The van der Waals surface area contributed by atoms with Crippen LogP contribution < -0.4 is 5.32 Å². The standard InChI is InChI=1S/C24H35N3O3S/c1-13(22(30)27-10-4-5-11-27)16-8-9-24(3)12-17-19(14(2)18(24)20(16)28)25-23(31-17)26-21(29)15-6-7-15/h13-16,18,20,28H,4-12H2,1-3H3,(H,25,26,29). The number of nitrogens with zero attached hydrogens (tertiary/aromatic N) is 2. The zero-order chi connectivity index (χ0) is 21.9. The van der Waals surface area contributed by atoms with Gasteiger partial charge >= 0.3 is 0 Å². The minimum Gasteiger partial charge on any atom is -0.392 e. The maximum absolute atomic E-state index is 13.0. The van der Waals surface area contributed by atoms with Gasteiger partial charge in [-0.25, -0.2) is 4.98 Å². The van der Waals surface area contributed by atoms with Crippen molar-refractivity contribution in [3.63, 3.8) is 0 Å². The third-order valence-corrected chi connectivity index (χ3v) is 9.54. The largest absolute Gasteiger partial charge is 0.392 e. The van der Waals surface area contributed by atoms with Gasteiger partial charge in [-0.15, -0.1) is 11.3 Å². The molecule has 1 saturated heterocycles. The Labute approximate surface area is 188 Å². The van der Waals surface area contributed by atoms with Crippen molar-refractivity contribution in [3.8, 4) is 0 Å². The first-order valence-corrected chi connectivity index (χ1v) is 12.9. The molecule has 0 radical (unpaired) electrons. The van der Waals surface area contributed by atoms with Gasteiger partial charge in [-0.1, -0.05) is 20.8 Å². The summed E-state index contributed by atoms with van der Waals surface area (Å²) in [6.45, 7) is 8.21. The van der Waals surface area contributed by atoms with Crippen LogP contribution in [0, 0.1) is 29.1 Å². The molecule has 2 amide bonds. The number of aliphatic hydroxyl groups excluding tert-OH is 1. The van der Waals surface area contributed by atoms with E-state index in [0.717, 1.165) is 63.7 Å². The summed E-state index contributed by atoms with van der Waals surface area (Å²) in [7, 11) is 0. The number of rotatable bonds is 4. The molecule has 3 fully saturated rings. The van der Waals surface area contributed by atoms with Crippen LogP contribution in [-0.2, 0) is 16.0 Å². The summed E-state index contributed by atoms with van der Waals surface area (Å²) < 4.78 is 0. The first-order valence-electron chi connectivity index (χ1n) is 12.1. The monoisotopic (exact) mass is 445 g/mol. The fourth-order valence-electron chi connectivity index (χ4n) is 6.56. The molecule has 6 atom stereocenters. The van der Waals surface area contributed by atoms with Crippen molar-refractivity contribution in [3.05, 3.63) is 10.6 Å². The van der Waals surface area contributed by atoms with Gasteiger partial charge in [-0.05, 0) is 62.2 Å². The van der Waals surface area contributed by atoms with Gasteiger partial charge < -0.3 is 15.3 Å². The van der Waals surface area contributed by atoms with Crippen LogP contribution in [-0.4, -0.2) is 46.0 Å². The van der Waals surface area contributed by atoms with Crippen LogP contribution in [0.3, 0.4) is 0 Å². The summed E-state index contributed by atoms with van der Waals surface area (Å²) in [5.41, 5.74) is 1.04. The lowest BCUT2D eigenvalue weighted by Crippen LogP contribution is -2.53. The Bertz CT molecular complexity index is 875. The summed E-state index contributed by atoms with van der Waals surface area (Å²) in [4.78, 5) is 33.3. The van der Waals surface area contributed by atoms with Crippen molar-refractivity contribution in [2.45, 2.75) is 77.7 Å². The van der Waals surface area contributed by atoms with Gasteiger partial charge in [0, 0.05) is 35.7 Å². The Kier molecular flexibility index (Phi) is 5.40. The summed E-state index contributed by atoms with van der Waals surface area (Å²) in [6, 6.07) is 0. The molecule has 0 spiro atoms. The summed E-state index contributed by atoms with van der Waals surface area (Å²) in [5.74, 6) is 0.531. The fraction of sp³-hybridized carbons (Fsp3) is 0.792. The van der Waals surface area contributed by atoms with Gasteiger partial charge in [0.15, 0.2) is 5.13 Å². The van der Waals surface area contributed by atoms with E-state index in [9.17, 15) is 14.7 Å². The third kappa shape index (κ3) is 3.71. The molecule has 6 nitrogen and oxygen atoms in total. The number of hydrogen-bond acceptors (Lipinski definition) is 5. The molecule has 1 aliphatic heterocycles. The number of anilines is 1. The lowest BCUT2D eigenvalue weighted by Gasteiger charge is -2.53. The normalized spacial score (nSPS) is 35.9. The fourth-order valence-corrected chi connectivity index (χ4v) is 7.83. The number of fused-ring (bicyclic) bond motifs is 2. The lowest BCUT2D eigenvalue weighted by molar-refractivity contribution is -0.143. The van der Waals surface area contributed by atoms with Crippen LogP contribution in [0.15, 0.2) is 0 Å². The quantitative estimate of drug-likeness (QED) is 0.738. The van der Waals surface area contributed by atoms with Crippen LogP contribution in [0.4, 0.5) is 5.13 Å². The molecule has 0 bridgehead atoms. The van der Waals surface area contributed by atoms with E-state index in [0.29, 0.717) is 5.13 Å². The number of thiazole rings is 1. The first kappa shape index (κ1) is 21.4. The van der Waals surface area contributed by atoms with Crippen molar-refractivity contribution in [1.29, 1.82) is 0 Å². The van der Waals surface area contributed by atoms with Crippen molar-refractivity contribution < 1.29 is 14.7 Å². The number of hydrogen-bond donors (Lipinski definition) is 2. The van der Waals surface area contributed by atoms with Crippen LogP contribution in [0.2, 0.25) is 0 Å². The molecule has 2 N–H and O–H groups in total. The Morgan fingerprint density at radius 2 is 1.97 bits per heavy atom. The number of amides is 2. The highest BCUT2D eigenvalue weighted by Gasteiger charge is 2.54. The molecular formula is C24H35N3O3S. The average Bonchev–Trinajstić information content (AvgIpc) is 3.29. The van der Waals surface area contributed by atoms with Crippen LogP contribution >= 0.6 is 11.3 Å². The Morgan fingerprint density at radius 3 is 2.65 bits per heavy atom. The predicted octanol–water partition coefficient (Wildman–Crippen LogP) is 3.80. The third-order valence-electron chi connectivity index (χ3n) is 8.55. The van der Waals surface area contributed by atoms with Gasteiger partial charge in [0.1, 0.15) is 0 Å². The van der Waals surface area contributed by atoms with Crippen molar-refractivity contribution in [1.82, 2.24) is 9.88 Å². The number of aromatic nitrogens is 1. The molecule has 1 aromatic rings. The highest BCUT2D eigenvalue weighted by Crippen LogP contribution is 2.57. The summed E-state index contributed by atoms with van der Waals surface area (Å²) in [5, 5.41) is 15.3. The average molecular weight is 446 g/mol. The molecule has 6 unspecified atom stereocenters. The molecular weight excluding hydrogens is 410 g/mol. The van der Waals surface area contributed by atoms with E-state index < -0.39 is 6.10 Å². The van der Waals surface area contributed by atoms with Gasteiger partial charge in [-0.2, -0.15) is 0 Å². The van der Waals surface area contributed by atoms with E-state index in [4.69, 9.17) is 4.98 Å². The molecule has 7 heteroatoms. The minimum atomic E-state index is -0.505. The second kappa shape index (κ2) is 7.84. The second-order valence-electron chi connectivity index (χ2n) is 10.8. The van der Waals surface area contributed by atoms with Gasteiger partial charge in [0.25, 0.3) is 0 Å². The maximum atomic E-state index is 13.0. The SMILES string of the molecule is CC(C(=O)N1CCCC1)C1CCC2(C)Cc3sc(NC(=O)C4CC4)nc3C(C)C2C1O. The molecule has 4 aliphatic rings. The van der Waals surface area contributed by atoms with Crippen molar-refractivity contribution >= 4 is 28.3 Å². The van der Waals surface area contributed by atoms with E-state index in [1.807, 2.05) is 11.8 Å². The Hall–Kier alpha value is -1.47. The number of carbonyl (C=O) groups is 2. The summed E-state index contributed by atoms with van der Waals surface area (Å²) in [6.07, 6.45) is 6.45. The molecule has 170 valence electrons. The zero-order valence-corrected chi connectivity index (χ0v) is 19.7. The number of carbonyl (C=O) groups excluding carboxylic acids is 2. The van der Waals surface area contributed by atoms with E-state index in [-0.39, 0.29) is 46.8 Å². The molecule has 0 aromatic carbocycles. The Balaban J connectivity index is 1.36. The van der Waals surface area contributed by atoms with Crippen LogP contribution in [0.25, 0.3) is 0 Å². The summed E-state index contributed by atoms with van der Waals surface area (Å²) >= 11 is 1.61. The first-order chi connectivity index (χ1) is 14.8. The van der Waals surface area contributed by atoms with E-state index in [1.165, 1.54) is 4.88 Å². The lowest BCUT2D eigenvalue weighted by atomic mass is 9.53. The van der Waals surface area contributed by atoms with Crippen LogP contribution in [0.5, 0.6) is 0 Å². The number of nitrogens with one attached hydrogen (secondary N) is 1. The topological polar surface area (TPSA) is 82.5 Å². The molecule has 1 aromatic heterocycles. The molecule has 3 aliphatic carbocycles. The number of likely N-dealkylation sites (tertiary alicyclic amines) is 1. The van der Waals surface area contributed by atoms with Crippen LogP contribution in [0.1, 0.15) is 75.8 Å². The smallest absolute Gasteiger partial charge is 0.229 e. The predicted molar refractivity (Wildman–Crippen MR) is 121 cm³/mol. The van der Waals surface area contributed by atoms with Gasteiger partial charge in [0.2, 0.25) is 11.8 Å². The van der Waals surface area contributed by atoms with E-state index in [2.05, 4.69) is 19.2 Å². The molecule has 2 heterocycles. The molecule has 5 rings (SSSR count). The highest BCUT2D eigenvalue weighted by atomic mass is 32.1. The second-order valence-corrected chi connectivity index (χ2v) is 11.8. The highest BCUT2D eigenvalue weighted by molar-refractivity contribution is 7.15. The van der Waals surface area contributed by atoms with E-state index in [1.54, 1.807) is 11.3 Å². The van der Waals surface area contributed by atoms with Gasteiger partial charge in [0.05, 0.1) is 11.8 Å². The minimum absolute atomic E-state index is 0.00264. The van der Waals surface area contributed by atoms with Gasteiger partial charge in [-0.3, -0.25) is 9.59 Å². The zero-order valence-electron chi connectivity index (χ0n) is 18.9. The van der Waals surface area contributed by atoms with Crippen molar-refractivity contribution in [2.24, 2.45) is 29.1 Å². The maximum Gasteiger partial charge on any atom is 0.229 e. The molecule has 2 saturated carbocycles. The number of aliphatic hydroxyl groups is 1. The Morgan fingerprint density at radius 1 is 1.26 bits per heavy atom. The van der Waals surface area contributed by atoms with Crippen molar-refractivity contribution in [2.75, 3.05) is 18.4 Å².